The molecule has 2 N–H and O–H groups in total. The number of carbonyl (C=O) groups is 1. The van der Waals surface area contributed by atoms with E-state index in [1.54, 1.807) is 7.05 Å². The van der Waals surface area contributed by atoms with E-state index in [9.17, 15) is 4.79 Å². The number of hydrogen-bond acceptors (Lipinski definition) is 2. The van der Waals surface area contributed by atoms with Gasteiger partial charge < -0.3 is 10.6 Å². The molecule has 1 rings (SSSR count). The van der Waals surface area contributed by atoms with Crippen LogP contribution in [0.2, 0.25) is 0 Å². The average molecular weight is 206 g/mol. The van der Waals surface area contributed by atoms with E-state index in [0.717, 1.165) is 11.3 Å². The third-order valence-corrected chi connectivity index (χ3v) is 2.40. The van der Waals surface area contributed by atoms with E-state index in [-0.39, 0.29) is 11.9 Å². The van der Waals surface area contributed by atoms with Crippen molar-refractivity contribution in [3.05, 3.63) is 29.3 Å². The first-order valence-electron chi connectivity index (χ1n) is 5.10. The molecule has 82 valence electrons. The molecule has 0 aliphatic carbocycles. The van der Waals surface area contributed by atoms with E-state index in [0.29, 0.717) is 0 Å². The molecule has 0 aliphatic heterocycles. The molecular weight excluding hydrogens is 188 g/mol. The number of hydrogen-bond donors (Lipinski definition) is 2. The maximum atomic E-state index is 11.3. The van der Waals surface area contributed by atoms with Gasteiger partial charge in [0.15, 0.2) is 0 Å². The zero-order valence-corrected chi connectivity index (χ0v) is 9.72. The first-order valence-corrected chi connectivity index (χ1v) is 5.10. The van der Waals surface area contributed by atoms with Crippen LogP contribution >= 0.6 is 0 Å². The summed E-state index contributed by atoms with van der Waals surface area (Å²) in [6.07, 6.45) is 0. The van der Waals surface area contributed by atoms with Crippen molar-refractivity contribution in [2.75, 3.05) is 12.4 Å². The van der Waals surface area contributed by atoms with Gasteiger partial charge in [0, 0.05) is 12.7 Å². The topological polar surface area (TPSA) is 41.1 Å². The van der Waals surface area contributed by atoms with Gasteiger partial charge in [-0.3, -0.25) is 4.79 Å². The van der Waals surface area contributed by atoms with Crippen molar-refractivity contribution in [1.82, 2.24) is 5.32 Å². The van der Waals surface area contributed by atoms with Gasteiger partial charge in [0.25, 0.3) is 0 Å². The molecular formula is C12H18N2O. The van der Waals surface area contributed by atoms with Crippen LogP contribution in [-0.2, 0) is 4.79 Å². The first kappa shape index (κ1) is 11.6. The fraction of sp³-hybridized carbons (Fsp3) is 0.417. The normalized spacial score (nSPS) is 12.0. The molecule has 0 spiro atoms. The zero-order chi connectivity index (χ0) is 11.4. The summed E-state index contributed by atoms with van der Waals surface area (Å²) in [5.41, 5.74) is 3.36. The van der Waals surface area contributed by atoms with Crippen LogP contribution in [0, 0.1) is 13.8 Å². The van der Waals surface area contributed by atoms with Crippen molar-refractivity contribution < 1.29 is 4.79 Å². The van der Waals surface area contributed by atoms with Gasteiger partial charge in [0.05, 0.1) is 0 Å². The fourth-order valence-corrected chi connectivity index (χ4v) is 1.41. The highest BCUT2D eigenvalue weighted by Gasteiger charge is 2.11. The summed E-state index contributed by atoms with van der Waals surface area (Å²) in [5.74, 6) is -0.00379. The minimum Gasteiger partial charge on any atom is -0.374 e. The summed E-state index contributed by atoms with van der Waals surface area (Å²) in [7, 11) is 1.64. The minimum atomic E-state index is -0.213. The number of nitrogens with one attached hydrogen (secondary N) is 2. The van der Waals surface area contributed by atoms with E-state index >= 15 is 0 Å². The van der Waals surface area contributed by atoms with Gasteiger partial charge in [0.2, 0.25) is 5.91 Å². The van der Waals surface area contributed by atoms with Crippen molar-refractivity contribution in [2.24, 2.45) is 0 Å². The third kappa shape index (κ3) is 2.98. The highest BCUT2D eigenvalue weighted by molar-refractivity contribution is 5.84. The zero-order valence-electron chi connectivity index (χ0n) is 9.72. The van der Waals surface area contributed by atoms with Crippen molar-refractivity contribution >= 4 is 11.6 Å². The summed E-state index contributed by atoms with van der Waals surface area (Å²) in [4.78, 5) is 11.3. The summed E-state index contributed by atoms with van der Waals surface area (Å²) in [6, 6.07) is 5.95. The Balaban J connectivity index is 2.80. The Morgan fingerprint density at radius 2 is 2.00 bits per heavy atom. The second kappa shape index (κ2) is 4.82. The van der Waals surface area contributed by atoms with Crippen LogP contribution in [0.1, 0.15) is 18.1 Å². The van der Waals surface area contributed by atoms with Crippen LogP contribution in [0.25, 0.3) is 0 Å². The van der Waals surface area contributed by atoms with E-state index in [1.165, 1.54) is 5.56 Å². The monoisotopic (exact) mass is 206 g/mol. The SMILES string of the molecule is CNC(=O)[C@H](C)Nc1cc(C)ccc1C. The molecule has 0 unspecified atom stereocenters. The molecule has 1 aromatic carbocycles. The van der Waals surface area contributed by atoms with Crippen molar-refractivity contribution in [3.63, 3.8) is 0 Å². The Hall–Kier alpha value is -1.51. The van der Waals surface area contributed by atoms with Gasteiger partial charge in [-0.05, 0) is 38.0 Å². The highest BCUT2D eigenvalue weighted by atomic mass is 16.2. The number of rotatable bonds is 3. The second-order valence-corrected chi connectivity index (χ2v) is 3.80. The first-order chi connectivity index (χ1) is 7.04. The van der Waals surface area contributed by atoms with Gasteiger partial charge in [-0.25, -0.2) is 0 Å². The van der Waals surface area contributed by atoms with Gasteiger partial charge in [0.1, 0.15) is 6.04 Å². The number of anilines is 1. The molecule has 1 amide bonds. The van der Waals surface area contributed by atoms with Gasteiger partial charge in [-0.2, -0.15) is 0 Å². The molecule has 3 nitrogen and oxygen atoms in total. The van der Waals surface area contributed by atoms with Crippen LogP contribution < -0.4 is 10.6 Å². The fourth-order valence-electron chi connectivity index (χ4n) is 1.41. The standard InChI is InChI=1S/C12H18N2O/c1-8-5-6-9(2)11(7-8)14-10(3)12(15)13-4/h5-7,10,14H,1-4H3,(H,13,15)/t10-/m0/s1. The molecule has 3 heteroatoms. The van der Waals surface area contributed by atoms with Gasteiger partial charge in [-0.15, -0.1) is 0 Å². The predicted octanol–water partition coefficient (Wildman–Crippen LogP) is 1.85. The van der Waals surface area contributed by atoms with E-state index < -0.39 is 0 Å². The van der Waals surface area contributed by atoms with E-state index in [1.807, 2.05) is 26.8 Å². The lowest BCUT2D eigenvalue weighted by atomic mass is 10.1. The van der Waals surface area contributed by atoms with E-state index in [4.69, 9.17) is 0 Å². The molecule has 0 aromatic heterocycles. The molecule has 1 aromatic rings. The highest BCUT2D eigenvalue weighted by Crippen LogP contribution is 2.17. The average Bonchev–Trinajstić information content (AvgIpc) is 2.22. The maximum absolute atomic E-state index is 11.3. The molecule has 0 bridgehead atoms. The van der Waals surface area contributed by atoms with Gasteiger partial charge in [-0.1, -0.05) is 12.1 Å². The smallest absolute Gasteiger partial charge is 0.241 e. The number of amides is 1. The summed E-state index contributed by atoms with van der Waals surface area (Å²) in [5, 5.41) is 5.81. The Morgan fingerprint density at radius 3 is 2.60 bits per heavy atom. The lowest BCUT2D eigenvalue weighted by Gasteiger charge is -2.16. The largest absolute Gasteiger partial charge is 0.374 e. The third-order valence-electron chi connectivity index (χ3n) is 2.40. The van der Waals surface area contributed by atoms with Crippen LogP contribution in [0.4, 0.5) is 5.69 Å². The molecule has 1 atom stereocenters. The Kier molecular flexibility index (Phi) is 3.72. The molecule has 0 aliphatic rings. The summed E-state index contributed by atoms with van der Waals surface area (Å²) in [6.45, 7) is 5.91. The number of likely N-dealkylation sites (N-methyl/N-ethyl adjacent to an activating group) is 1. The molecule has 0 fully saturated rings. The van der Waals surface area contributed by atoms with Crippen molar-refractivity contribution in [1.29, 1.82) is 0 Å². The molecule has 15 heavy (non-hydrogen) atoms. The number of benzene rings is 1. The molecule has 0 radical (unpaired) electrons. The van der Waals surface area contributed by atoms with Crippen LogP contribution in [0.3, 0.4) is 0 Å². The number of carbonyl (C=O) groups excluding carboxylic acids is 1. The maximum Gasteiger partial charge on any atom is 0.241 e. The number of aryl methyl sites for hydroxylation is 2. The van der Waals surface area contributed by atoms with Crippen LogP contribution in [-0.4, -0.2) is 19.0 Å². The quantitative estimate of drug-likeness (QED) is 0.792. The van der Waals surface area contributed by atoms with E-state index in [2.05, 4.69) is 22.8 Å². The van der Waals surface area contributed by atoms with Gasteiger partial charge >= 0.3 is 0 Å². The lowest BCUT2D eigenvalue weighted by Crippen LogP contribution is -2.35. The predicted molar refractivity (Wildman–Crippen MR) is 63.1 cm³/mol. The van der Waals surface area contributed by atoms with Crippen molar-refractivity contribution in [3.8, 4) is 0 Å². The summed E-state index contributed by atoms with van der Waals surface area (Å²) >= 11 is 0. The Morgan fingerprint density at radius 1 is 1.33 bits per heavy atom. The molecule has 0 saturated heterocycles. The minimum absolute atomic E-state index is 0.00379. The van der Waals surface area contributed by atoms with Crippen molar-refractivity contribution in [2.45, 2.75) is 26.8 Å². The lowest BCUT2D eigenvalue weighted by molar-refractivity contribution is -0.121. The van der Waals surface area contributed by atoms with Crippen LogP contribution in [0.5, 0.6) is 0 Å². The molecule has 0 saturated carbocycles. The Labute approximate surface area is 90.9 Å². The summed E-state index contributed by atoms with van der Waals surface area (Å²) < 4.78 is 0. The van der Waals surface area contributed by atoms with Crippen LogP contribution in [0.15, 0.2) is 18.2 Å². The Bertz CT molecular complexity index is 361. The second-order valence-electron chi connectivity index (χ2n) is 3.80. The molecule has 0 heterocycles.